The molecule has 0 spiro atoms. The predicted molar refractivity (Wildman–Crippen MR) is 111 cm³/mol. The number of fused-ring (bicyclic) bond motifs is 1. The molecule has 0 aliphatic carbocycles. The fourth-order valence-corrected chi connectivity index (χ4v) is 3.50. The van der Waals surface area contributed by atoms with Crippen molar-refractivity contribution < 1.29 is 24.3 Å². The average molecular weight is 411 g/mol. The van der Waals surface area contributed by atoms with E-state index in [1.54, 1.807) is 7.11 Å². The standard InChI is InChI=1S/C22H25N3O5/c1-30-17-10-6-15(7-11-17)14-25-19-5-3-2-4-18(19)23-22(28)20(25)12-8-16(26)9-13-21(27)24-29/h2-7,10-11,20,29H,8-9,12-14H2,1H3,(H,23,28)(H,24,27)/t20-/m1/s1. The second-order valence-electron chi connectivity index (χ2n) is 7.11. The van der Waals surface area contributed by atoms with Crippen LogP contribution in [0.4, 0.5) is 11.4 Å². The Bertz CT molecular complexity index is 913. The highest BCUT2D eigenvalue weighted by Gasteiger charge is 2.33. The molecule has 8 nitrogen and oxygen atoms in total. The highest BCUT2D eigenvalue weighted by Crippen LogP contribution is 2.34. The Morgan fingerprint density at radius 3 is 2.53 bits per heavy atom. The van der Waals surface area contributed by atoms with E-state index < -0.39 is 11.9 Å². The quantitative estimate of drug-likeness (QED) is 0.433. The predicted octanol–water partition coefficient (Wildman–Crippen LogP) is 2.66. The molecule has 2 amide bonds. The van der Waals surface area contributed by atoms with Gasteiger partial charge in [-0.25, -0.2) is 5.48 Å². The molecule has 0 saturated carbocycles. The van der Waals surface area contributed by atoms with E-state index in [2.05, 4.69) is 5.32 Å². The molecule has 0 radical (unpaired) electrons. The Morgan fingerprint density at radius 1 is 1.10 bits per heavy atom. The first-order valence-electron chi connectivity index (χ1n) is 9.76. The van der Waals surface area contributed by atoms with Crippen molar-refractivity contribution in [3.05, 3.63) is 54.1 Å². The zero-order chi connectivity index (χ0) is 21.5. The van der Waals surface area contributed by atoms with Crippen molar-refractivity contribution in [2.24, 2.45) is 0 Å². The minimum Gasteiger partial charge on any atom is -0.497 e. The van der Waals surface area contributed by atoms with Crippen LogP contribution in [0.2, 0.25) is 0 Å². The largest absolute Gasteiger partial charge is 0.497 e. The normalized spacial score (nSPS) is 15.2. The summed E-state index contributed by atoms with van der Waals surface area (Å²) in [5.74, 6) is -0.142. The molecule has 8 heteroatoms. The molecule has 1 heterocycles. The molecule has 2 aromatic rings. The fraction of sp³-hybridized carbons (Fsp3) is 0.318. The third-order valence-corrected chi connectivity index (χ3v) is 5.11. The van der Waals surface area contributed by atoms with Crippen LogP contribution in [0.1, 0.15) is 31.2 Å². The van der Waals surface area contributed by atoms with Crippen molar-refractivity contribution in [3.63, 3.8) is 0 Å². The minimum absolute atomic E-state index is 0.0236. The van der Waals surface area contributed by atoms with Gasteiger partial charge in [-0.1, -0.05) is 24.3 Å². The molecule has 0 unspecified atom stereocenters. The number of hydroxylamine groups is 1. The summed E-state index contributed by atoms with van der Waals surface area (Å²) >= 11 is 0. The zero-order valence-electron chi connectivity index (χ0n) is 16.8. The molecule has 2 aromatic carbocycles. The van der Waals surface area contributed by atoms with E-state index >= 15 is 0 Å². The number of para-hydroxylation sites is 2. The number of rotatable bonds is 9. The first kappa shape index (κ1) is 21.3. The first-order chi connectivity index (χ1) is 14.5. The third-order valence-electron chi connectivity index (χ3n) is 5.11. The van der Waals surface area contributed by atoms with E-state index in [0.717, 1.165) is 22.7 Å². The van der Waals surface area contributed by atoms with Crippen molar-refractivity contribution >= 4 is 29.0 Å². The molecule has 30 heavy (non-hydrogen) atoms. The van der Waals surface area contributed by atoms with Crippen LogP contribution >= 0.6 is 0 Å². The molecule has 3 N–H and O–H groups in total. The number of methoxy groups -OCH3 is 1. The number of amides is 2. The first-order valence-corrected chi connectivity index (χ1v) is 9.76. The smallest absolute Gasteiger partial charge is 0.247 e. The maximum absolute atomic E-state index is 12.8. The summed E-state index contributed by atoms with van der Waals surface area (Å²) in [6.45, 7) is 0.500. The summed E-state index contributed by atoms with van der Waals surface area (Å²) in [6.07, 6.45) is 0.439. The summed E-state index contributed by atoms with van der Waals surface area (Å²) < 4.78 is 5.21. The molecular formula is C22H25N3O5. The number of Topliss-reactive ketones (excluding diaryl/α,β-unsaturated/α-hetero) is 1. The average Bonchev–Trinajstić information content (AvgIpc) is 2.77. The summed E-state index contributed by atoms with van der Waals surface area (Å²) in [4.78, 5) is 38.1. The van der Waals surface area contributed by atoms with E-state index in [0.29, 0.717) is 13.0 Å². The number of hydrogen-bond donors (Lipinski definition) is 3. The van der Waals surface area contributed by atoms with Gasteiger partial charge in [0.15, 0.2) is 0 Å². The second-order valence-corrected chi connectivity index (χ2v) is 7.11. The fourth-order valence-electron chi connectivity index (χ4n) is 3.50. The maximum Gasteiger partial charge on any atom is 0.247 e. The number of nitrogens with zero attached hydrogens (tertiary/aromatic N) is 1. The number of ether oxygens (including phenoxy) is 1. The lowest BCUT2D eigenvalue weighted by atomic mass is 9.99. The van der Waals surface area contributed by atoms with Gasteiger partial charge in [-0.2, -0.15) is 0 Å². The highest BCUT2D eigenvalue weighted by atomic mass is 16.5. The summed E-state index contributed by atoms with van der Waals surface area (Å²) in [6, 6.07) is 14.7. The molecule has 1 atom stereocenters. The zero-order valence-corrected chi connectivity index (χ0v) is 16.8. The van der Waals surface area contributed by atoms with E-state index in [9.17, 15) is 14.4 Å². The van der Waals surface area contributed by atoms with Gasteiger partial charge in [-0.15, -0.1) is 0 Å². The molecule has 0 fully saturated rings. The number of nitrogens with one attached hydrogen (secondary N) is 2. The van der Waals surface area contributed by atoms with Gasteiger partial charge in [0.1, 0.15) is 17.6 Å². The molecular weight excluding hydrogens is 386 g/mol. The van der Waals surface area contributed by atoms with Gasteiger partial charge in [-0.05, 0) is 36.2 Å². The Hall–Kier alpha value is -3.39. The molecule has 0 aromatic heterocycles. The van der Waals surface area contributed by atoms with Crippen LogP contribution in [0.3, 0.4) is 0 Å². The van der Waals surface area contributed by atoms with Crippen molar-refractivity contribution in [2.45, 2.75) is 38.3 Å². The van der Waals surface area contributed by atoms with Crippen LogP contribution in [-0.2, 0) is 20.9 Å². The number of carbonyl (C=O) groups excluding carboxylic acids is 3. The van der Waals surface area contributed by atoms with Crippen molar-refractivity contribution in [1.29, 1.82) is 0 Å². The van der Waals surface area contributed by atoms with Gasteiger partial charge in [0.2, 0.25) is 11.8 Å². The summed E-state index contributed by atoms with van der Waals surface area (Å²) in [5.41, 5.74) is 4.15. The van der Waals surface area contributed by atoms with Crippen LogP contribution in [0.25, 0.3) is 0 Å². The summed E-state index contributed by atoms with van der Waals surface area (Å²) in [5, 5.41) is 11.5. The van der Waals surface area contributed by atoms with Gasteiger partial charge in [0, 0.05) is 25.8 Å². The van der Waals surface area contributed by atoms with Crippen LogP contribution in [0.5, 0.6) is 5.75 Å². The SMILES string of the molecule is COc1ccc(CN2c3ccccc3NC(=O)[C@H]2CCC(=O)CCC(=O)NO)cc1. The molecule has 1 aliphatic heterocycles. The number of ketones is 1. The Morgan fingerprint density at radius 2 is 1.83 bits per heavy atom. The van der Waals surface area contributed by atoms with E-state index in [1.807, 2.05) is 53.4 Å². The Balaban J connectivity index is 1.76. The molecule has 0 bridgehead atoms. The molecule has 3 rings (SSSR count). The molecule has 158 valence electrons. The van der Waals surface area contributed by atoms with Crippen LogP contribution in [0, 0.1) is 0 Å². The lowest BCUT2D eigenvalue weighted by Crippen LogP contribution is -2.47. The van der Waals surface area contributed by atoms with E-state index in [1.165, 1.54) is 5.48 Å². The van der Waals surface area contributed by atoms with Crippen LogP contribution in [0.15, 0.2) is 48.5 Å². The van der Waals surface area contributed by atoms with Gasteiger partial charge in [0.05, 0.1) is 18.5 Å². The number of anilines is 2. The lowest BCUT2D eigenvalue weighted by Gasteiger charge is -2.38. The van der Waals surface area contributed by atoms with Crippen LogP contribution < -0.4 is 20.4 Å². The van der Waals surface area contributed by atoms with Crippen LogP contribution in [-0.4, -0.2) is 36.0 Å². The van der Waals surface area contributed by atoms with Gasteiger partial charge < -0.3 is 15.0 Å². The van der Waals surface area contributed by atoms with Crippen molar-refractivity contribution in [2.75, 3.05) is 17.3 Å². The van der Waals surface area contributed by atoms with Crippen molar-refractivity contribution in [1.82, 2.24) is 5.48 Å². The van der Waals surface area contributed by atoms with Crippen molar-refractivity contribution in [3.8, 4) is 5.75 Å². The molecule has 1 aliphatic rings. The number of carbonyl (C=O) groups is 3. The van der Waals surface area contributed by atoms with E-state index in [4.69, 9.17) is 9.94 Å². The lowest BCUT2D eigenvalue weighted by molar-refractivity contribution is -0.131. The highest BCUT2D eigenvalue weighted by molar-refractivity contribution is 6.03. The van der Waals surface area contributed by atoms with Gasteiger partial charge in [-0.3, -0.25) is 19.6 Å². The monoisotopic (exact) mass is 411 g/mol. The topological polar surface area (TPSA) is 108 Å². The number of benzene rings is 2. The van der Waals surface area contributed by atoms with Gasteiger partial charge >= 0.3 is 0 Å². The summed E-state index contributed by atoms with van der Waals surface area (Å²) in [7, 11) is 1.61. The van der Waals surface area contributed by atoms with E-state index in [-0.39, 0.29) is 31.0 Å². The van der Waals surface area contributed by atoms with Gasteiger partial charge in [0.25, 0.3) is 0 Å². The Labute approximate surface area is 174 Å². The third kappa shape index (κ3) is 5.15. The molecule has 0 saturated heterocycles. The minimum atomic E-state index is -0.603. The second kappa shape index (κ2) is 9.89. The maximum atomic E-state index is 12.8. The number of hydrogen-bond acceptors (Lipinski definition) is 6. The Kier molecular flexibility index (Phi) is 7.03.